The van der Waals surface area contributed by atoms with Crippen LogP contribution in [0.1, 0.15) is 17.2 Å². The lowest BCUT2D eigenvalue weighted by atomic mass is 9.99. The average Bonchev–Trinajstić information content (AvgIpc) is 2.41. The Labute approximate surface area is 115 Å². The van der Waals surface area contributed by atoms with Crippen molar-refractivity contribution in [2.75, 3.05) is 47.9 Å². The Balaban J connectivity index is 2.40. The highest BCUT2D eigenvalue weighted by atomic mass is 16.5. The van der Waals surface area contributed by atoms with E-state index in [0.29, 0.717) is 6.04 Å². The molecule has 2 rings (SSSR count). The lowest BCUT2D eigenvalue weighted by Gasteiger charge is -2.38. The monoisotopic (exact) mass is 264 g/mol. The van der Waals surface area contributed by atoms with E-state index in [1.807, 2.05) is 13.0 Å². The second kappa shape index (κ2) is 5.80. The predicted octanol–water partition coefficient (Wildman–Crippen LogP) is 1.93. The van der Waals surface area contributed by atoms with Crippen molar-refractivity contribution in [3.63, 3.8) is 0 Å². The van der Waals surface area contributed by atoms with Crippen LogP contribution < -0.4 is 9.47 Å². The van der Waals surface area contributed by atoms with Crippen molar-refractivity contribution in [1.29, 1.82) is 0 Å². The highest BCUT2D eigenvalue weighted by Crippen LogP contribution is 2.37. The molecule has 1 saturated heterocycles. The van der Waals surface area contributed by atoms with E-state index in [2.05, 4.69) is 30.0 Å². The molecule has 0 aromatic heterocycles. The number of nitrogens with zero attached hydrogens (tertiary/aromatic N) is 2. The Bertz CT molecular complexity index is 448. The third kappa shape index (κ3) is 2.69. The zero-order valence-electron chi connectivity index (χ0n) is 12.6. The molecule has 1 aliphatic heterocycles. The number of likely N-dealkylation sites (N-methyl/N-ethyl adjacent to an activating group) is 2. The molecule has 19 heavy (non-hydrogen) atoms. The van der Waals surface area contributed by atoms with Crippen LogP contribution in [-0.4, -0.2) is 57.7 Å². The molecule has 1 aromatic rings. The standard InChI is InChI=1S/C15H24N2O2/c1-11-14(18-4)7-6-12(15(11)19-5)13-10-16(2)8-9-17(13)3/h6-7,13H,8-10H2,1-5H3. The molecule has 0 N–H and O–H groups in total. The number of benzene rings is 1. The van der Waals surface area contributed by atoms with Crippen LogP contribution in [0.3, 0.4) is 0 Å². The molecule has 106 valence electrons. The number of ether oxygens (including phenoxy) is 2. The number of piperazine rings is 1. The van der Waals surface area contributed by atoms with Crippen LogP contribution in [0.4, 0.5) is 0 Å². The van der Waals surface area contributed by atoms with Gasteiger partial charge in [-0.15, -0.1) is 0 Å². The number of rotatable bonds is 3. The Kier molecular flexibility index (Phi) is 4.32. The molecule has 1 atom stereocenters. The molecule has 0 aliphatic carbocycles. The Morgan fingerprint density at radius 3 is 2.47 bits per heavy atom. The van der Waals surface area contributed by atoms with E-state index in [1.54, 1.807) is 14.2 Å². The lowest BCUT2D eigenvalue weighted by Crippen LogP contribution is -2.44. The summed E-state index contributed by atoms with van der Waals surface area (Å²) in [6.45, 7) is 5.27. The van der Waals surface area contributed by atoms with Crippen molar-refractivity contribution in [3.8, 4) is 11.5 Å². The smallest absolute Gasteiger partial charge is 0.130 e. The van der Waals surface area contributed by atoms with Crippen molar-refractivity contribution in [2.45, 2.75) is 13.0 Å². The Hall–Kier alpha value is -1.26. The summed E-state index contributed by atoms with van der Waals surface area (Å²) in [4.78, 5) is 4.76. The molecule has 4 heteroatoms. The van der Waals surface area contributed by atoms with Crippen molar-refractivity contribution in [3.05, 3.63) is 23.3 Å². The van der Waals surface area contributed by atoms with Crippen LogP contribution in [0, 0.1) is 6.92 Å². The molecule has 0 bridgehead atoms. The molecule has 0 saturated carbocycles. The molecule has 1 heterocycles. The fourth-order valence-corrected chi connectivity index (χ4v) is 2.79. The first-order valence-corrected chi connectivity index (χ1v) is 6.68. The quantitative estimate of drug-likeness (QED) is 0.833. The van der Waals surface area contributed by atoms with Gasteiger partial charge in [-0.25, -0.2) is 0 Å². The average molecular weight is 264 g/mol. The van der Waals surface area contributed by atoms with Crippen LogP contribution in [0.15, 0.2) is 12.1 Å². The summed E-state index contributed by atoms with van der Waals surface area (Å²) >= 11 is 0. The maximum absolute atomic E-state index is 5.63. The fourth-order valence-electron chi connectivity index (χ4n) is 2.79. The molecule has 0 spiro atoms. The molecule has 1 aliphatic rings. The molecular weight excluding hydrogens is 240 g/mol. The van der Waals surface area contributed by atoms with Gasteiger partial charge in [0.1, 0.15) is 11.5 Å². The van der Waals surface area contributed by atoms with E-state index in [9.17, 15) is 0 Å². The van der Waals surface area contributed by atoms with Gasteiger partial charge in [-0.2, -0.15) is 0 Å². The highest BCUT2D eigenvalue weighted by Gasteiger charge is 2.27. The summed E-state index contributed by atoms with van der Waals surface area (Å²) in [5.41, 5.74) is 2.32. The predicted molar refractivity (Wildman–Crippen MR) is 77.2 cm³/mol. The summed E-state index contributed by atoms with van der Waals surface area (Å²) in [6, 6.07) is 4.54. The van der Waals surface area contributed by atoms with Crippen LogP contribution in [0.25, 0.3) is 0 Å². The van der Waals surface area contributed by atoms with Crippen molar-refractivity contribution in [1.82, 2.24) is 9.80 Å². The van der Waals surface area contributed by atoms with Crippen LogP contribution in [0.5, 0.6) is 11.5 Å². The Morgan fingerprint density at radius 1 is 1.11 bits per heavy atom. The van der Waals surface area contributed by atoms with Gasteiger partial charge in [-0.3, -0.25) is 4.90 Å². The topological polar surface area (TPSA) is 24.9 Å². The highest BCUT2D eigenvalue weighted by molar-refractivity contribution is 5.50. The number of hydrogen-bond acceptors (Lipinski definition) is 4. The van der Waals surface area contributed by atoms with Crippen LogP contribution >= 0.6 is 0 Å². The van der Waals surface area contributed by atoms with Gasteiger partial charge >= 0.3 is 0 Å². The number of hydrogen-bond donors (Lipinski definition) is 0. The van der Waals surface area contributed by atoms with Gasteiger partial charge in [0.05, 0.1) is 20.3 Å². The molecule has 0 radical (unpaired) electrons. The second-order valence-electron chi connectivity index (χ2n) is 5.27. The van der Waals surface area contributed by atoms with Gasteiger partial charge in [-0.05, 0) is 33.2 Å². The first-order chi connectivity index (χ1) is 9.08. The van der Waals surface area contributed by atoms with E-state index in [0.717, 1.165) is 36.7 Å². The molecular formula is C15H24N2O2. The molecule has 1 unspecified atom stereocenters. The first-order valence-electron chi connectivity index (χ1n) is 6.68. The van der Waals surface area contributed by atoms with Gasteiger partial charge in [-0.1, -0.05) is 0 Å². The number of methoxy groups -OCH3 is 2. The Morgan fingerprint density at radius 2 is 1.84 bits per heavy atom. The van der Waals surface area contributed by atoms with Gasteiger partial charge in [0.25, 0.3) is 0 Å². The third-order valence-corrected chi connectivity index (χ3v) is 4.02. The molecule has 0 amide bonds. The van der Waals surface area contributed by atoms with Crippen molar-refractivity contribution < 1.29 is 9.47 Å². The molecule has 4 nitrogen and oxygen atoms in total. The maximum Gasteiger partial charge on any atom is 0.130 e. The minimum absolute atomic E-state index is 0.373. The second-order valence-corrected chi connectivity index (χ2v) is 5.27. The SMILES string of the molecule is COc1ccc(C2CN(C)CCN2C)c(OC)c1C. The molecule has 1 aromatic carbocycles. The fraction of sp³-hybridized carbons (Fsp3) is 0.600. The molecule has 1 fully saturated rings. The minimum Gasteiger partial charge on any atom is -0.496 e. The van der Waals surface area contributed by atoms with Gasteiger partial charge in [0.15, 0.2) is 0 Å². The van der Waals surface area contributed by atoms with Crippen LogP contribution in [-0.2, 0) is 0 Å². The van der Waals surface area contributed by atoms with Crippen LogP contribution in [0.2, 0.25) is 0 Å². The minimum atomic E-state index is 0.373. The third-order valence-electron chi connectivity index (χ3n) is 4.02. The van der Waals surface area contributed by atoms with E-state index < -0.39 is 0 Å². The van der Waals surface area contributed by atoms with E-state index in [-0.39, 0.29) is 0 Å². The zero-order chi connectivity index (χ0) is 14.0. The largest absolute Gasteiger partial charge is 0.496 e. The van der Waals surface area contributed by atoms with E-state index >= 15 is 0 Å². The van der Waals surface area contributed by atoms with E-state index in [4.69, 9.17) is 9.47 Å². The summed E-state index contributed by atoms with van der Waals surface area (Å²) in [7, 11) is 7.78. The maximum atomic E-state index is 5.63. The lowest BCUT2D eigenvalue weighted by molar-refractivity contribution is 0.113. The van der Waals surface area contributed by atoms with Gasteiger partial charge in [0, 0.05) is 30.8 Å². The first kappa shape index (κ1) is 14.2. The van der Waals surface area contributed by atoms with Crippen molar-refractivity contribution in [2.24, 2.45) is 0 Å². The summed E-state index contributed by atoms with van der Waals surface area (Å²) < 4.78 is 11.0. The summed E-state index contributed by atoms with van der Waals surface area (Å²) in [6.07, 6.45) is 0. The van der Waals surface area contributed by atoms with E-state index in [1.165, 1.54) is 5.56 Å². The normalized spacial score (nSPS) is 21.4. The van der Waals surface area contributed by atoms with Gasteiger partial charge < -0.3 is 14.4 Å². The summed E-state index contributed by atoms with van der Waals surface area (Å²) in [5.74, 6) is 1.83. The zero-order valence-corrected chi connectivity index (χ0v) is 12.6. The van der Waals surface area contributed by atoms with Crippen molar-refractivity contribution >= 4 is 0 Å². The van der Waals surface area contributed by atoms with Gasteiger partial charge in [0.2, 0.25) is 0 Å². The summed E-state index contributed by atoms with van der Waals surface area (Å²) in [5, 5.41) is 0.